The number of benzene rings is 2. The molecule has 2 aromatic heterocycles. The fourth-order valence-corrected chi connectivity index (χ4v) is 4.64. The average molecular weight is 483 g/mol. The van der Waals surface area contributed by atoms with E-state index in [4.69, 9.17) is 16.6 Å². The first kappa shape index (κ1) is 22.8. The molecule has 0 aliphatic carbocycles. The van der Waals surface area contributed by atoms with Crippen molar-refractivity contribution in [3.63, 3.8) is 0 Å². The maximum atomic E-state index is 12.7. The highest BCUT2D eigenvalue weighted by Gasteiger charge is 2.41. The Balaban J connectivity index is 1.38. The molecule has 2 N–H and O–H groups in total. The van der Waals surface area contributed by atoms with E-state index < -0.39 is 0 Å². The van der Waals surface area contributed by atoms with Gasteiger partial charge in [-0.3, -0.25) is 9.78 Å². The maximum Gasteiger partial charge on any atom is 0.226 e. The molecule has 0 spiro atoms. The summed E-state index contributed by atoms with van der Waals surface area (Å²) in [5.74, 6) is 1.49. The topological polar surface area (TPSA) is 70.4 Å². The lowest BCUT2D eigenvalue weighted by atomic mass is 10.0. The third-order valence-corrected chi connectivity index (χ3v) is 6.44. The number of aryl methyl sites for hydroxylation is 1. The number of furan rings is 1. The van der Waals surface area contributed by atoms with Gasteiger partial charge in [0.1, 0.15) is 17.6 Å². The van der Waals surface area contributed by atoms with E-state index in [1.807, 2.05) is 96.8 Å². The summed E-state index contributed by atoms with van der Waals surface area (Å²) < 4.78 is 6.33. The molecular weight excluding hydrogens is 456 g/mol. The van der Waals surface area contributed by atoms with Crippen molar-refractivity contribution in [1.82, 2.24) is 15.2 Å². The van der Waals surface area contributed by atoms with E-state index in [1.165, 1.54) is 0 Å². The van der Waals surface area contributed by atoms with Gasteiger partial charge >= 0.3 is 0 Å². The molecule has 1 aliphatic heterocycles. The van der Waals surface area contributed by atoms with Crippen LogP contribution in [0.3, 0.4) is 0 Å². The van der Waals surface area contributed by atoms with Gasteiger partial charge in [0.05, 0.1) is 11.7 Å². The van der Waals surface area contributed by atoms with Gasteiger partial charge in [0.15, 0.2) is 5.11 Å². The SMILES string of the molecule is Cc1ccc(NC(=O)CCN2C(=S)N[C@@H](c3ccccn3)[C@@H]2c2ccc(-c3ccccc3)o2)cc1. The third-order valence-electron chi connectivity index (χ3n) is 6.09. The Kier molecular flexibility index (Phi) is 6.59. The summed E-state index contributed by atoms with van der Waals surface area (Å²) in [4.78, 5) is 19.3. The molecule has 0 radical (unpaired) electrons. The standard InChI is InChI=1S/C28H26N4O2S/c1-19-10-12-21(13-11-19)30-25(33)16-18-32-27(26(31-28(32)35)22-9-5-6-17-29-22)24-15-14-23(34-24)20-7-3-2-4-8-20/h2-15,17,26-27H,16,18H2,1H3,(H,30,33)(H,31,35)/t26-,27-/m0/s1. The third kappa shape index (κ3) is 5.10. The van der Waals surface area contributed by atoms with Crippen LogP contribution >= 0.6 is 12.2 Å². The summed E-state index contributed by atoms with van der Waals surface area (Å²) in [6, 6.07) is 27.1. The highest BCUT2D eigenvalue weighted by molar-refractivity contribution is 7.80. The van der Waals surface area contributed by atoms with E-state index >= 15 is 0 Å². The molecule has 0 bridgehead atoms. The van der Waals surface area contributed by atoms with Crippen molar-refractivity contribution in [3.8, 4) is 11.3 Å². The molecule has 4 aromatic rings. The second-order valence-corrected chi connectivity index (χ2v) is 8.94. The Morgan fingerprint density at radius 1 is 1.03 bits per heavy atom. The predicted octanol–water partition coefficient (Wildman–Crippen LogP) is 5.65. The van der Waals surface area contributed by atoms with Crippen molar-refractivity contribution < 1.29 is 9.21 Å². The number of amides is 1. The predicted molar refractivity (Wildman–Crippen MR) is 141 cm³/mol. The zero-order valence-corrected chi connectivity index (χ0v) is 20.2. The molecule has 1 saturated heterocycles. The molecule has 35 heavy (non-hydrogen) atoms. The van der Waals surface area contributed by atoms with Crippen LogP contribution in [0.2, 0.25) is 0 Å². The number of carbonyl (C=O) groups excluding carboxylic acids is 1. The van der Waals surface area contributed by atoms with Crippen molar-refractivity contribution in [2.24, 2.45) is 0 Å². The Hall–Kier alpha value is -3.97. The first-order chi connectivity index (χ1) is 17.1. The summed E-state index contributed by atoms with van der Waals surface area (Å²) >= 11 is 5.70. The number of carbonyl (C=O) groups is 1. The van der Waals surface area contributed by atoms with Crippen LogP contribution in [-0.4, -0.2) is 27.4 Å². The van der Waals surface area contributed by atoms with Crippen LogP contribution in [0.4, 0.5) is 5.69 Å². The van der Waals surface area contributed by atoms with Gasteiger partial charge in [-0.1, -0.05) is 54.1 Å². The van der Waals surface area contributed by atoms with E-state index in [1.54, 1.807) is 6.20 Å². The number of hydrogen-bond donors (Lipinski definition) is 2. The molecule has 2 atom stereocenters. The number of aromatic nitrogens is 1. The van der Waals surface area contributed by atoms with Crippen molar-refractivity contribution in [2.45, 2.75) is 25.4 Å². The van der Waals surface area contributed by atoms with E-state index in [-0.39, 0.29) is 24.4 Å². The molecule has 0 unspecified atom stereocenters. The molecule has 0 saturated carbocycles. The highest BCUT2D eigenvalue weighted by Crippen LogP contribution is 2.40. The zero-order chi connectivity index (χ0) is 24.2. The van der Waals surface area contributed by atoms with Crippen molar-refractivity contribution >= 4 is 28.9 Å². The van der Waals surface area contributed by atoms with Crippen LogP contribution in [0.1, 0.15) is 35.5 Å². The average Bonchev–Trinajstić information content (AvgIpc) is 3.50. The van der Waals surface area contributed by atoms with Gasteiger partial charge in [0, 0.05) is 30.4 Å². The lowest BCUT2D eigenvalue weighted by Gasteiger charge is -2.25. The van der Waals surface area contributed by atoms with Gasteiger partial charge in [-0.05, 0) is 55.5 Å². The van der Waals surface area contributed by atoms with E-state index in [9.17, 15) is 4.79 Å². The molecule has 7 heteroatoms. The zero-order valence-electron chi connectivity index (χ0n) is 19.3. The van der Waals surface area contributed by atoms with Gasteiger partial charge in [0.25, 0.3) is 0 Å². The normalized spacial score (nSPS) is 17.3. The van der Waals surface area contributed by atoms with Crippen molar-refractivity contribution in [1.29, 1.82) is 0 Å². The number of nitrogens with one attached hydrogen (secondary N) is 2. The molecule has 176 valence electrons. The van der Waals surface area contributed by atoms with Gasteiger partial charge in [-0.15, -0.1) is 0 Å². The largest absolute Gasteiger partial charge is 0.459 e. The molecular formula is C28H26N4O2S. The lowest BCUT2D eigenvalue weighted by Crippen LogP contribution is -2.32. The number of thiocarbonyl (C=S) groups is 1. The summed E-state index contributed by atoms with van der Waals surface area (Å²) in [6.45, 7) is 2.46. The number of hydrogen-bond acceptors (Lipinski definition) is 4. The quantitative estimate of drug-likeness (QED) is 0.332. The minimum Gasteiger partial charge on any atom is -0.459 e. The summed E-state index contributed by atoms with van der Waals surface area (Å²) in [5, 5.41) is 6.94. The van der Waals surface area contributed by atoms with Crippen LogP contribution in [-0.2, 0) is 4.79 Å². The van der Waals surface area contributed by atoms with Gasteiger partial charge in [0.2, 0.25) is 5.91 Å². The maximum absolute atomic E-state index is 12.7. The van der Waals surface area contributed by atoms with E-state index in [0.717, 1.165) is 34.0 Å². The van der Waals surface area contributed by atoms with Gasteiger partial charge < -0.3 is 20.0 Å². The Morgan fingerprint density at radius 3 is 2.54 bits per heavy atom. The molecule has 3 heterocycles. The minimum atomic E-state index is -0.234. The smallest absolute Gasteiger partial charge is 0.226 e. The van der Waals surface area contributed by atoms with Gasteiger partial charge in [-0.2, -0.15) is 0 Å². The van der Waals surface area contributed by atoms with Gasteiger partial charge in [-0.25, -0.2) is 0 Å². The first-order valence-corrected chi connectivity index (χ1v) is 12.0. The van der Waals surface area contributed by atoms with Crippen LogP contribution < -0.4 is 10.6 Å². The second-order valence-electron chi connectivity index (χ2n) is 8.55. The van der Waals surface area contributed by atoms with Crippen LogP contribution in [0.15, 0.2) is 95.5 Å². The molecule has 2 aromatic carbocycles. The Labute approximate surface area is 210 Å². The van der Waals surface area contributed by atoms with E-state index in [2.05, 4.69) is 15.6 Å². The van der Waals surface area contributed by atoms with Crippen molar-refractivity contribution in [2.75, 3.05) is 11.9 Å². The highest BCUT2D eigenvalue weighted by atomic mass is 32.1. The summed E-state index contributed by atoms with van der Waals surface area (Å²) in [6.07, 6.45) is 2.06. The van der Waals surface area contributed by atoms with Crippen LogP contribution in [0, 0.1) is 6.92 Å². The second kappa shape index (κ2) is 10.1. The molecule has 1 fully saturated rings. The summed E-state index contributed by atoms with van der Waals surface area (Å²) in [5.41, 5.74) is 3.80. The van der Waals surface area contributed by atoms with Crippen LogP contribution in [0.25, 0.3) is 11.3 Å². The number of pyridine rings is 1. The fraction of sp³-hybridized carbons (Fsp3) is 0.179. The molecule has 5 rings (SSSR count). The number of rotatable bonds is 7. The Bertz CT molecular complexity index is 1310. The minimum absolute atomic E-state index is 0.0684. The monoisotopic (exact) mass is 482 g/mol. The van der Waals surface area contributed by atoms with E-state index in [0.29, 0.717) is 11.7 Å². The number of nitrogens with zero attached hydrogens (tertiary/aromatic N) is 2. The first-order valence-electron chi connectivity index (χ1n) is 11.6. The summed E-state index contributed by atoms with van der Waals surface area (Å²) in [7, 11) is 0. The Morgan fingerprint density at radius 2 is 1.80 bits per heavy atom. The fourth-order valence-electron chi connectivity index (χ4n) is 4.31. The van der Waals surface area contributed by atoms with Crippen LogP contribution in [0.5, 0.6) is 0 Å². The molecule has 6 nitrogen and oxygen atoms in total. The molecule has 1 amide bonds. The molecule has 1 aliphatic rings. The van der Waals surface area contributed by atoms with Crippen molar-refractivity contribution in [3.05, 3.63) is 108 Å². The number of anilines is 1. The lowest BCUT2D eigenvalue weighted by molar-refractivity contribution is -0.116.